The Bertz CT molecular complexity index is 1030. The number of aliphatic carboxylic acids is 4. The zero-order valence-electron chi connectivity index (χ0n) is 26.4. The molecule has 1 heterocycles. The van der Waals surface area contributed by atoms with E-state index in [2.05, 4.69) is 0 Å². The summed E-state index contributed by atoms with van der Waals surface area (Å²) in [6, 6.07) is 5.04. The Hall–Kier alpha value is -2.02. The van der Waals surface area contributed by atoms with E-state index in [-0.39, 0.29) is 98.7 Å². The van der Waals surface area contributed by atoms with E-state index in [4.69, 9.17) is 14.2 Å². The largest absolute Gasteiger partial charge is 3.00 e. The molecule has 16 heteroatoms. The fourth-order valence-corrected chi connectivity index (χ4v) is 4.96. The molecule has 2 unspecified atom stereocenters. The molecule has 0 saturated carbocycles. The molecule has 46 heavy (non-hydrogen) atoms. The van der Waals surface area contributed by atoms with Crippen molar-refractivity contribution in [2.45, 2.75) is 32.4 Å². The Kier molecular flexibility index (Phi) is 21.3. The van der Waals surface area contributed by atoms with Crippen LogP contribution in [0.15, 0.2) is 24.3 Å². The molecule has 0 spiro atoms. The third kappa shape index (κ3) is 16.7. The molecule has 1 saturated heterocycles. The van der Waals surface area contributed by atoms with Gasteiger partial charge in [-0.25, -0.2) is 0 Å². The predicted molar refractivity (Wildman–Crippen MR) is 155 cm³/mol. The summed E-state index contributed by atoms with van der Waals surface area (Å²) in [5.74, 6) is -4.43. The Morgan fingerprint density at radius 2 is 1.24 bits per heavy atom. The molecule has 0 amide bonds. The van der Waals surface area contributed by atoms with Crippen LogP contribution in [0, 0.1) is 39.9 Å². The number of ether oxygens (including phenoxy) is 3. The fourth-order valence-electron chi connectivity index (χ4n) is 4.96. The van der Waals surface area contributed by atoms with Gasteiger partial charge < -0.3 is 49.0 Å². The van der Waals surface area contributed by atoms with Crippen molar-refractivity contribution >= 4 is 23.9 Å². The summed E-state index contributed by atoms with van der Waals surface area (Å²) >= 11 is 0. The molecule has 0 bridgehead atoms. The van der Waals surface area contributed by atoms with Crippen LogP contribution in [0.4, 0.5) is 0 Å². The van der Waals surface area contributed by atoms with Gasteiger partial charge in [-0.2, -0.15) is 0 Å². The van der Waals surface area contributed by atoms with Gasteiger partial charge >= 0.3 is 45.9 Å². The third-order valence-electron chi connectivity index (χ3n) is 7.56. The first-order valence-corrected chi connectivity index (χ1v) is 15.1. The van der Waals surface area contributed by atoms with Crippen molar-refractivity contribution in [2.24, 2.45) is 0 Å². The van der Waals surface area contributed by atoms with Crippen molar-refractivity contribution < 1.29 is 93.8 Å². The maximum Gasteiger partial charge on any atom is 3.00 e. The van der Waals surface area contributed by atoms with Crippen LogP contribution in [0.2, 0.25) is 0 Å². The summed E-state index contributed by atoms with van der Waals surface area (Å²) in [6.45, 7) is 6.14. The minimum absolute atomic E-state index is 0. The van der Waals surface area contributed by atoms with Crippen LogP contribution < -0.4 is 20.1 Å². The molecule has 259 valence electrons. The zero-order chi connectivity index (χ0) is 33.2. The van der Waals surface area contributed by atoms with Gasteiger partial charge in [0, 0.05) is 78.1 Å². The monoisotopic (exact) mass is 795 g/mol. The fraction of sp³-hybridized carbons (Fsp3) is 0.667. The van der Waals surface area contributed by atoms with E-state index >= 15 is 0 Å². The van der Waals surface area contributed by atoms with Gasteiger partial charge in [-0.1, -0.05) is 12.1 Å². The minimum Gasteiger partial charge on any atom is -0.549 e. The molecule has 0 aromatic heterocycles. The van der Waals surface area contributed by atoms with Crippen molar-refractivity contribution in [3.05, 3.63) is 29.8 Å². The van der Waals surface area contributed by atoms with E-state index in [1.807, 2.05) is 6.92 Å². The van der Waals surface area contributed by atoms with Gasteiger partial charge in [0.2, 0.25) is 0 Å². The van der Waals surface area contributed by atoms with E-state index < -0.39 is 49.1 Å². The van der Waals surface area contributed by atoms with Crippen molar-refractivity contribution in [3.8, 4) is 5.75 Å². The second kappa shape index (κ2) is 23.3. The van der Waals surface area contributed by atoms with Gasteiger partial charge in [0.25, 0.3) is 0 Å². The van der Waals surface area contributed by atoms with Gasteiger partial charge in [0.15, 0.2) is 0 Å². The van der Waals surface area contributed by atoms with E-state index in [1.54, 1.807) is 43.9 Å². The summed E-state index contributed by atoms with van der Waals surface area (Å²) in [5.41, 5.74) is 0.735. The first-order valence-electron chi connectivity index (χ1n) is 15.1. The van der Waals surface area contributed by atoms with Crippen LogP contribution in [0.5, 0.6) is 5.75 Å². The summed E-state index contributed by atoms with van der Waals surface area (Å²) in [7, 11) is 0. The molecule has 2 atom stereocenters. The van der Waals surface area contributed by atoms with Crippen LogP contribution in [-0.4, -0.2) is 159 Å². The van der Waals surface area contributed by atoms with Crippen LogP contribution in [0.3, 0.4) is 0 Å². The Morgan fingerprint density at radius 1 is 0.761 bits per heavy atom. The molecular weight excluding hydrogens is 750 g/mol. The molecule has 1 radical (unpaired) electrons. The molecule has 2 rings (SSSR count). The summed E-state index contributed by atoms with van der Waals surface area (Å²) in [4.78, 5) is 53.5. The van der Waals surface area contributed by atoms with Crippen molar-refractivity contribution in [1.29, 1.82) is 0 Å². The number of hydrogen-bond donors (Lipinski definition) is 1. The molecule has 1 fully saturated rings. The number of carboxylic acids is 4. The maximum absolute atomic E-state index is 12.5. The average Bonchev–Trinajstić information content (AvgIpc) is 2.98. The standard InChI is InChI=1S/C30H48N4O11.Gd/c1-3-43-16-17-44-18-19-45-25-6-4-24(5-7-25)20-26(30(41)42)34-14-10-31(21-27(35)36)8-12-33(23(2)29(39)40)13-9-32(11-15-34)22-28(37)38;/h4-7,23,26H,3,8-22H2,1-2H3,(H,35,36)(H,37,38)(H,39,40)(H,41,42);/q;+3/p-3. The number of carbonyl (C=O) groups excluding carboxylic acids is 3. The molecule has 1 aliphatic rings. The zero-order valence-corrected chi connectivity index (χ0v) is 28.7. The Balaban J connectivity index is 0.0000106. The molecule has 15 nitrogen and oxygen atoms in total. The first-order chi connectivity index (χ1) is 21.5. The Morgan fingerprint density at radius 3 is 1.70 bits per heavy atom. The molecule has 1 aromatic carbocycles. The summed E-state index contributed by atoms with van der Waals surface area (Å²) in [5, 5.41) is 44.7. The van der Waals surface area contributed by atoms with Crippen LogP contribution in [0.25, 0.3) is 0 Å². The smallest absolute Gasteiger partial charge is 0.549 e. The minimum atomic E-state index is -1.32. The number of hydrogen-bond acceptors (Lipinski definition) is 14. The van der Waals surface area contributed by atoms with E-state index in [1.165, 1.54) is 6.92 Å². The molecule has 1 aromatic rings. The quantitative estimate of drug-likeness (QED) is 0.141. The van der Waals surface area contributed by atoms with Gasteiger partial charge in [0.1, 0.15) is 18.4 Å². The van der Waals surface area contributed by atoms with E-state index in [9.17, 15) is 39.6 Å². The first kappa shape index (κ1) is 42.0. The SMILES string of the molecule is CCOCCOCCOc1ccc(CC(C(=O)O)N2CCN(CC(=O)[O-])CCN(C(C)C(=O)[O-])CCN(CC(=O)[O-])CC2)cc1.[Gd+3]. The van der Waals surface area contributed by atoms with E-state index in [0.29, 0.717) is 38.8 Å². The van der Waals surface area contributed by atoms with E-state index in [0.717, 1.165) is 5.56 Å². The normalized spacial score (nSPS) is 17.5. The number of carboxylic acid groups (broad SMARTS) is 4. The number of nitrogens with zero attached hydrogens (tertiary/aromatic N) is 4. The third-order valence-corrected chi connectivity index (χ3v) is 7.56. The van der Waals surface area contributed by atoms with Gasteiger partial charge in [0.05, 0.1) is 37.7 Å². The van der Waals surface area contributed by atoms with Crippen molar-refractivity contribution in [1.82, 2.24) is 19.6 Å². The van der Waals surface area contributed by atoms with Gasteiger partial charge in [-0.15, -0.1) is 0 Å². The van der Waals surface area contributed by atoms with Crippen molar-refractivity contribution in [2.75, 3.05) is 98.5 Å². The molecule has 0 aliphatic carbocycles. The molecular formula is C30H45GdN4O11. The van der Waals surface area contributed by atoms with Crippen LogP contribution >= 0.6 is 0 Å². The van der Waals surface area contributed by atoms with Gasteiger partial charge in [-0.3, -0.25) is 24.4 Å². The second-order valence-corrected chi connectivity index (χ2v) is 10.7. The molecule has 1 aliphatic heterocycles. The summed E-state index contributed by atoms with van der Waals surface area (Å²) in [6.07, 6.45) is 0.133. The van der Waals surface area contributed by atoms with Crippen molar-refractivity contribution in [3.63, 3.8) is 0 Å². The topological polar surface area (TPSA) is 198 Å². The average molecular weight is 795 g/mol. The Labute approximate surface area is 302 Å². The summed E-state index contributed by atoms with van der Waals surface area (Å²) < 4.78 is 16.3. The molecule has 1 N–H and O–H groups in total. The van der Waals surface area contributed by atoms with Gasteiger partial charge in [-0.05, 0) is 38.0 Å². The van der Waals surface area contributed by atoms with Crippen LogP contribution in [0.1, 0.15) is 19.4 Å². The number of carbonyl (C=O) groups is 4. The maximum atomic E-state index is 12.5. The number of rotatable bonds is 18. The second-order valence-electron chi connectivity index (χ2n) is 10.7. The van der Waals surface area contributed by atoms with Crippen LogP contribution in [-0.2, 0) is 35.1 Å². The number of benzene rings is 1. The predicted octanol–water partition coefficient (Wildman–Crippen LogP) is -4.03.